The van der Waals surface area contributed by atoms with E-state index in [1.807, 2.05) is 13.8 Å². The number of hydrogen-bond acceptors (Lipinski definition) is 6. The first-order valence-electron chi connectivity index (χ1n) is 8.91. The van der Waals surface area contributed by atoms with Crippen molar-refractivity contribution in [2.45, 2.75) is 19.4 Å². The number of nitrogens with zero attached hydrogens (tertiary/aromatic N) is 3. The molecule has 0 radical (unpaired) electrons. The molecule has 1 aromatic carbocycles. The number of benzene rings is 1. The quantitative estimate of drug-likeness (QED) is 0.749. The molecule has 1 amide bonds. The molecule has 1 aromatic heterocycles. The van der Waals surface area contributed by atoms with Gasteiger partial charge in [-0.1, -0.05) is 11.6 Å². The van der Waals surface area contributed by atoms with Crippen LogP contribution < -0.4 is 15.8 Å². The van der Waals surface area contributed by atoms with Crippen LogP contribution in [0.5, 0.6) is 5.75 Å². The Morgan fingerprint density at radius 3 is 2.79 bits per heavy atom. The molecule has 1 unspecified atom stereocenters. The minimum atomic E-state index is -1.33. The van der Waals surface area contributed by atoms with E-state index in [4.69, 9.17) is 22.1 Å². The Labute approximate surface area is 176 Å². The fraction of sp³-hybridized carbons (Fsp3) is 0.316. The smallest absolute Gasteiger partial charge is 0.274 e. The molecule has 2 heterocycles. The van der Waals surface area contributed by atoms with E-state index in [2.05, 4.69) is 15.3 Å². The third-order valence-electron chi connectivity index (χ3n) is 4.47. The number of hydrogen-bond donors (Lipinski definition) is 2. The Morgan fingerprint density at radius 1 is 1.41 bits per heavy atom. The summed E-state index contributed by atoms with van der Waals surface area (Å²) in [5.41, 5.74) is 6.55. The molecule has 0 aliphatic carbocycles. The highest BCUT2D eigenvalue weighted by molar-refractivity contribution is 7.83. The lowest BCUT2D eigenvalue weighted by molar-refractivity contribution is 0.102. The van der Waals surface area contributed by atoms with Crippen molar-refractivity contribution in [1.82, 2.24) is 9.29 Å². The van der Waals surface area contributed by atoms with Gasteiger partial charge >= 0.3 is 0 Å². The second-order valence-corrected chi connectivity index (χ2v) is 8.58. The van der Waals surface area contributed by atoms with Crippen molar-refractivity contribution in [2.75, 3.05) is 24.7 Å². The average molecular weight is 436 g/mol. The normalized spacial score (nSPS) is 21.4. The second-order valence-electron chi connectivity index (χ2n) is 6.67. The number of carbonyl (C=O) groups excluding carboxylic acids is 1. The monoisotopic (exact) mass is 435 g/mol. The van der Waals surface area contributed by atoms with Crippen molar-refractivity contribution in [3.05, 3.63) is 52.8 Å². The Balaban J connectivity index is 1.97. The minimum Gasteiger partial charge on any atom is -0.494 e. The topological polar surface area (TPSA) is 110 Å². The van der Waals surface area contributed by atoms with E-state index >= 15 is 0 Å². The lowest BCUT2D eigenvalue weighted by Crippen LogP contribution is -2.47. The van der Waals surface area contributed by atoms with E-state index in [9.17, 15) is 9.00 Å². The van der Waals surface area contributed by atoms with Gasteiger partial charge in [0.2, 0.25) is 5.96 Å². The zero-order valence-electron chi connectivity index (χ0n) is 16.3. The number of aromatic nitrogens is 1. The van der Waals surface area contributed by atoms with Gasteiger partial charge in [0.1, 0.15) is 28.0 Å². The number of anilines is 1. The zero-order chi connectivity index (χ0) is 21.2. The van der Waals surface area contributed by atoms with Crippen LogP contribution in [-0.4, -0.2) is 44.8 Å². The van der Waals surface area contributed by atoms with Crippen molar-refractivity contribution in [3.8, 4) is 5.75 Å². The number of nitrogens with one attached hydrogen (secondary N) is 1. The van der Waals surface area contributed by atoms with Crippen molar-refractivity contribution in [2.24, 2.45) is 10.7 Å². The van der Waals surface area contributed by atoms with Crippen LogP contribution in [0.15, 0.2) is 41.5 Å². The SMILES string of the molecule is CCOc1ccc(NC(=O)c2ccc(Cl)cn2)cc1[C@]1(C)CS(=O)N(C)C(N)=N1. The highest BCUT2D eigenvalue weighted by atomic mass is 35.5. The van der Waals surface area contributed by atoms with Gasteiger partial charge in [-0.2, -0.15) is 0 Å². The van der Waals surface area contributed by atoms with E-state index < -0.39 is 16.5 Å². The fourth-order valence-corrected chi connectivity index (χ4v) is 4.21. The van der Waals surface area contributed by atoms with E-state index in [1.54, 1.807) is 37.4 Å². The van der Waals surface area contributed by atoms with Gasteiger partial charge in [0, 0.05) is 24.5 Å². The maximum absolute atomic E-state index is 12.5. The first-order chi connectivity index (χ1) is 13.7. The van der Waals surface area contributed by atoms with Gasteiger partial charge in [0.25, 0.3) is 5.91 Å². The highest BCUT2D eigenvalue weighted by Gasteiger charge is 2.38. The van der Waals surface area contributed by atoms with Crippen LogP contribution in [0.4, 0.5) is 5.69 Å². The first kappa shape index (κ1) is 21.1. The van der Waals surface area contributed by atoms with Gasteiger partial charge in [0.05, 0.1) is 17.4 Å². The molecule has 3 N–H and O–H groups in total. The van der Waals surface area contributed by atoms with E-state index in [1.165, 1.54) is 10.5 Å². The molecule has 2 atom stereocenters. The van der Waals surface area contributed by atoms with Crippen molar-refractivity contribution in [3.63, 3.8) is 0 Å². The molecule has 0 spiro atoms. The summed E-state index contributed by atoms with van der Waals surface area (Å²) >= 11 is 5.82. The summed E-state index contributed by atoms with van der Waals surface area (Å²) in [6, 6.07) is 8.38. The second kappa shape index (κ2) is 8.38. The standard InChI is InChI=1S/C19H22ClN5O3S/c1-4-28-16-8-6-13(23-17(26)15-7-5-12(20)10-22-15)9-14(16)19(2)11-29(27)25(3)18(21)24-19/h5-10H,4,11H2,1-3H3,(H2,21,24)(H,23,26)/t19-,29?/m0/s1. The van der Waals surface area contributed by atoms with Crippen LogP contribution in [0.2, 0.25) is 5.02 Å². The number of pyridine rings is 1. The van der Waals surface area contributed by atoms with Gasteiger partial charge in [0.15, 0.2) is 0 Å². The van der Waals surface area contributed by atoms with E-state index in [-0.39, 0.29) is 23.3 Å². The molecule has 1 aliphatic rings. The first-order valence-corrected chi connectivity index (χ1v) is 10.6. The molecule has 0 saturated carbocycles. The Morgan fingerprint density at radius 2 is 2.17 bits per heavy atom. The number of rotatable bonds is 5. The van der Waals surface area contributed by atoms with Crippen LogP contribution in [0.25, 0.3) is 0 Å². The third kappa shape index (κ3) is 4.51. The van der Waals surface area contributed by atoms with Crippen LogP contribution in [-0.2, 0) is 16.5 Å². The maximum atomic E-state index is 12.5. The summed E-state index contributed by atoms with van der Waals surface area (Å²) in [4.78, 5) is 21.1. The van der Waals surface area contributed by atoms with Gasteiger partial charge in [-0.25, -0.2) is 14.2 Å². The summed E-state index contributed by atoms with van der Waals surface area (Å²) in [6.45, 7) is 4.17. The molecule has 0 bridgehead atoms. The van der Waals surface area contributed by atoms with E-state index in [0.29, 0.717) is 28.6 Å². The van der Waals surface area contributed by atoms with Gasteiger partial charge < -0.3 is 15.8 Å². The number of halogens is 1. The Bertz CT molecular complexity index is 982. The molecular formula is C19H22ClN5O3S. The maximum Gasteiger partial charge on any atom is 0.274 e. The number of nitrogens with two attached hydrogens (primary N) is 1. The van der Waals surface area contributed by atoms with Gasteiger partial charge in [-0.05, 0) is 44.2 Å². The lowest BCUT2D eigenvalue weighted by Gasteiger charge is -2.35. The summed E-state index contributed by atoms with van der Waals surface area (Å²) in [6.07, 6.45) is 1.41. The van der Waals surface area contributed by atoms with E-state index in [0.717, 1.165) is 0 Å². The highest BCUT2D eigenvalue weighted by Crippen LogP contribution is 2.38. The molecule has 10 heteroatoms. The number of amides is 1. The zero-order valence-corrected chi connectivity index (χ0v) is 17.9. The van der Waals surface area contributed by atoms with Crippen LogP contribution in [0, 0.1) is 0 Å². The van der Waals surface area contributed by atoms with Crippen LogP contribution >= 0.6 is 11.6 Å². The number of guanidine groups is 1. The fourth-order valence-electron chi connectivity index (χ4n) is 2.95. The van der Waals surface area contributed by atoms with Crippen molar-refractivity contribution in [1.29, 1.82) is 0 Å². The lowest BCUT2D eigenvalue weighted by atomic mass is 9.93. The largest absolute Gasteiger partial charge is 0.494 e. The molecular weight excluding hydrogens is 414 g/mol. The third-order valence-corrected chi connectivity index (χ3v) is 6.30. The van der Waals surface area contributed by atoms with Crippen molar-refractivity contribution >= 4 is 40.1 Å². The summed E-state index contributed by atoms with van der Waals surface area (Å²) in [5, 5.41) is 3.26. The van der Waals surface area contributed by atoms with Gasteiger partial charge in [-0.15, -0.1) is 0 Å². The molecule has 1 aliphatic heterocycles. The van der Waals surface area contributed by atoms with Crippen molar-refractivity contribution < 1.29 is 13.7 Å². The molecule has 3 rings (SSSR count). The molecule has 154 valence electrons. The summed E-state index contributed by atoms with van der Waals surface area (Å²) < 4.78 is 19.7. The summed E-state index contributed by atoms with van der Waals surface area (Å²) in [7, 11) is 0.298. The molecule has 0 fully saturated rings. The van der Waals surface area contributed by atoms with Crippen LogP contribution in [0.3, 0.4) is 0 Å². The molecule has 8 nitrogen and oxygen atoms in total. The average Bonchev–Trinajstić information content (AvgIpc) is 2.68. The molecule has 0 saturated heterocycles. The predicted octanol–water partition coefficient (Wildman–Crippen LogP) is 2.52. The van der Waals surface area contributed by atoms with Gasteiger partial charge in [-0.3, -0.25) is 9.10 Å². The summed E-state index contributed by atoms with van der Waals surface area (Å²) in [5.74, 6) is 0.632. The molecule has 2 aromatic rings. The molecule has 29 heavy (non-hydrogen) atoms. The number of ether oxygens (including phenoxy) is 1. The Hall–Kier alpha value is -2.65. The predicted molar refractivity (Wildman–Crippen MR) is 115 cm³/mol. The number of aliphatic imine (C=N–C) groups is 1. The minimum absolute atomic E-state index is 0.180. The number of carbonyl (C=O) groups is 1. The van der Waals surface area contributed by atoms with Crippen LogP contribution in [0.1, 0.15) is 29.9 Å². The Kier molecular flexibility index (Phi) is 6.09.